The van der Waals surface area contributed by atoms with Crippen molar-refractivity contribution >= 4 is 23.3 Å². The molecule has 4 aromatic rings. The molecule has 222 valence electrons. The fourth-order valence-electron chi connectivity index (χ4n) is 6.46. The molecule has 1 aromatic carbocycles. The molecule has 43 heavy (non-hydrogen) atoms. The first-order valence-corrected chi connectivity index (χ1v) is 14.7. The van der Waals surface area contributed by atoms with E-state index in [9.17, 15) is 9.59 Å². The van der Waals surface area contributed by atoms with Crippen LogP contribution in [0.25, 0.3) is 16.9 Å². The van der Waals surface area contributed by atoms with Crippen LogP contribution in [0.4, 0.5) is 10.2 Å². The Labute approximate surface area is 248 Å². The van der Waals surface area contributed by atoms with Crippen LogP contribution in [-0.2, 0) is 16.0 Å². The van der Waals surface area contributed by atoms with Gasteiger partial charge < -0.3 is 19.3 Å². The quantitative estimate of drug-likeness (QED) is 0.240. The summed E-state index contributed by atoms with van der Waals surface area (Å²) in [4.78, 5) is 38.5. The van der Waals surface area contributed by atoms with Crippen LogP contribution in [-0.4, -0.2) is 70.2 Å². The molecule has 1 amide bonds. The minimum atomic E-state index is -0.732. The van der Waals surface area contributed by atoms with E-state index < -0.39 is 5.95 Å². The number of hydrogen-bond acceptors (Lipinski definition) is 8. The number of aromatic nitrogens is 4. The van der Waals surface area contributed by atoms with Crippen LogP contribution in [0.2, 0.25) is 0 Å². The number of halogens is 1. The minimum Gasteiger partial charge on any atom is -0.496 e. The molecule has 3 aliphatic rings. The number of benzene rings is 1. The zero-order valence-corrected chi connectivity index (χ0v) is 24.4. The Morgan fingerprint density at radius 3 is 2.60 bits per heavy atom. The Hall–Kier alpha value is -4.54. The third-order valence-electron chi connectivity index (χ3n) is 8.97. The maximum absolute atomic E-state index is 15.7. The molecule has 1 saturated heterocycles. The number of esters is 1. The van der Waals surface area contributed by atoms with Crippen LogP contribution in [0.1, 0.15) is 65.5 Å². The molecule has 5 heterocycles. The van der Waals surface area contributed by atoms with Crippen molar-refractivity contribution in [3.05, 3.63) is 70.9 Å². The van der Waals surface area contributed by atoms with Gasteiger partial charge >= 0.3 is 5.97 Å². The van der Waals surface area contributed by atoms with Crippen molar-refractivity contribution in [2.75, 3.05) is 38.8 Å². The highest BCUT2D eigenvalue weighted by molar-refractivity contribution is 5.93. The molecule has 2 atom stereocenters. The van der Waals surface area contributed by atoms with E-state index in [1.807, 2.05) is 28.0 Å². The molecule has 0 bridgehead atoms. The van der Waals surface area contributed by atoms with Gasteiger partial charge in [0.15, 0.2) is 5.65 Å². The van der Waals surface area contributed by atoms with E-state index in [0.717, 1.165) is 30.5 Å². The minimum absolute atomic E-state index is 0.0678. The van der Waals surface area contributed by atoms with Crippen molar-refractivity contribution in [1.82, 2.24) is 24.5 Å². The zero-order chi connectivity index (χ0) is 29.8. The SMILES string of the molecule is COC(=O)[C@H]1CCN(c2cc(OC)c(-c3cc4nc(C(=O)N5CCc6ccccc6[C@H]5C)cc(C5CC5)n4n3)c(F)n2)C1. The lowest BCUT2D eigenvalue weighted by atomic mass is 9.93. The van der Waals surface area contributed by atoms with Crippen molar-refractivity contribution in [1.29, 1.82) is 0 Å². The molecule has 0 N–H and O–H groups in total. The highest BCUT2D eigenvalue weighted by Gasteiger charge is 2.34. The molecular formula is C32H33FN6O4. The smallest absolute Gasteiger partial charge is 0.310 e. The summed E-state index contributed by atoms with van der Waals surface area (Å²) in [5.41, 5.74) is 4.59. The lowest BCUT2D eigenvalue weighted by Gasteiger charge is -2.35. The average molecular weight is 585 g/mol. The van der Waals surface area contributed by atoms with Crippen molar-refractivity contribution in [2.45, 2.75) is 44.6 Å². The van der Waals surface area contributed by atoms with Gasteiger partial charge in [-0.25, -0.2) is 14.5 Å². The molecule has 7 rings (SSSR count). The van der Waals surface area contributed by atoms with Crippen molar-refractivity contribution in [3.63, 3.8) is 0 Å². The summed E-state index contributed by atoms with van der Waals surface area (Å²) in [5.74, 6) is -0.510. The Balaban J connectivity index is 1.23. The number of amides is 1. The third-order valence-corrected chi connectivity index (χ3v) is 8.97. The van der Waals surface area contributed by atoms with Crippen molar-refractivity contribution < 1.29 is 23.5 Å². The lowest BCUT2D eigenvalue weighted by molar-refractivity contribution is -0.144. The third kappa shape index (κ3) is 4.76. The topological polar surface area (TPSA) is 102 Å². The van der Waals surface area contributed by atoms with Gasteiger partial charge in [0, 0.05) is 43.4 Å². The van der Waals surface area contributed by atoms with Crippen molar-refractivity contribution in [3.8, 4) is 17.0 Å². The average Bonchev–Trinajstić information content (AvgIpc) is 3.59. The molecule has 11 heteroatoms. The van der Waals surface area contributed by atoms with Crippen LogP contribution < -0.4 is 9.64 Å². The Morgan fingerprint density at radius 2 is 1.84 bits per heavy atom. The van der Waals surface area contributed by atoms with E-state index in [0.29, 0.717) is 48.9 Å². The van der Waals surface area contributed by atoms with Gasteiger partial charge in [-0.1, -0.05) is 24.3 Å². The van der Waals surface area contributed by atoms with Gasteiger partial charge in [0.1, 0.15) is 23.0 Å². The second-order valence-corrected chi connectivity index (χ2v) is 11.6. The molecule has 0 spiro atoms. The highest BCUT2D eigenvalue weighted by atomic mass is 19.1. The molecule has 0 radical (unpaired) electrons. The number of methoxy groups -OCH3 is 2. The molecule has 1 aliphatic carbocycles. The number of carbonyl (C=O) groups excluding carboxylic acids is 2. The van der Waals surface area contributed by atoms with Crippen LogP contribution in [0.3, 0.4) is 0 Å². The Bertz CT molecular complexity index is 1750. The van der Waals surface area contributed by atoms with Crippen LogP contribution in [0.5, 0.6) is 5.75 Å². The standard InChI is InChI=1S/C32H33FN6O4/c1-18-22-7-5-4-6-19(22)11-13-38(18)31(40)24-14-25(20-8-9-20)39-28(34-24)15-23(36-39)29-26(42-2)16-27(35-30(29)33)37-12-10-21(17-37)32(41)43-3/h4-7,14-16,18,20-21H,8-13,17H2,1-3H3/t18-,21+/m1/s1. The van der Waals surface area contributed by atoms with Gasteiger partial charge in [-0.2, -0.15) is 9.49 Å². The van der Waals surface area contributed by atoms with Crippen molar-refractivity contribution in [2.24, 2.45) is 5.92 Å². The number of hydrogen-bond donors (Lipinski definition) is 0. The number of rotatable bonds is 6. The van der Waals surface area contributed by atoms with Crippen LogP contribution in [0, 0.1) is 11.9 Å². The molecule has 1 saturated carbocycles. The summed E-state index contributed by atoms with van der Waals surface area (Å²) >= 11 is 0. The number of nitrogens with zero attached hydrogens (tertiary/aromatic N) is 6. The molecule has 10 nitrogen and oxygen atoms in total. The van der Waals surface area contributed by atoms with E-state index in [2.05, 4.69) is 24.0 Å². The molecule has 2 fully saturated rings. The first kappa shape index (κ1) is 27.3. The second-order valence-electron chi connectivity index (χ2n) is 11.6. The summed E-state index contributed by atoms with van der Waals surface area (Å²) in [5, 5.41) is 4.74. The number of ether oxygens (including phenoxy) is 2. The normalized spacial score (nSPS) is 19.9. The monoisotopic (exact) mass is 584 g/mol. The lowest BCUT2D eigenvalue weighted by Crippen LogP contribution is -2.39. The van der Waals surface area contributed by atoms with E-state index >= 15 is 4.39 Å². The van der Waals surface area contributed by atoms with E-state index in [4.69, 9.17) is 19.6 Å². The zero-order valence-electron chi connectivity index (χ0n) is 24.4. The van der Waals surface area contributed by atoms with Gasteiger partial charge in [-0.3, -0.25) is 9.59 Å². The number of anilines is 1. The summed E-state index contributed by atoms with van der Waals surface area (Å²) < 4.78 is 27.9. The van der Waals surface area contributed by atoms with Gasteiger partial charge in [0.2, 0.25) is 5.95 Å². The predicted octanol–water partition coefficient (Wildman–Crippen LogP) is 4.58. The van der Waals surface area contributed by atoms with Gasteiger partial charge in [-0.15, -0.1) is 0 Å². The Kier molecular flexibility index (Phi) is 6.75. The number of pyridine rings is 1. The van der Waals surface area contributed by atoms with Gasteiger partial charge in [-0.05, 0) is 49.8 Å². The second kappa shape index (κ2) is 10.6. The summed E-state index contributed by atoms with van der Waals surface area (Å²) in [6, 6.07) is 13.4. The first-order chi connectivity index (χ1) is 20.9. The van der Waals surface area contributed by atoms with E-state index in [-0.39, 0.29) is 41.1 Å². The van der Waals surface area contributed by atoms with Crippen LogP contribution in [0.15, 0.2) is 42.5 Å². The summed E-state index contributed by atoms with van der Waals surface area (Å²) in [7, 11) is 2.84. The van der Waals surface area contributed by atoms with E-state index in [1.165, 1.54) is 19.8 Å². The number of carbonyl (C=O) groups is 2. The first-order valence-electron chi connectivity index (χ1n) is 14.7. The fraction of sp³-hybridized carbons (Fsp3) is 0.406. The number of fused-ring (bicyclic) bond motifs is 2. The maximum atomic E-state index is 15.7. The van der Waals surface area contributed by atoms with Crippen LogP contribution >= 0.6 is 0 Å². The van der Waals surface area contributed by atoms with Gasteiger partial charge in [0.25, 0.3) is 5.91 Å². The Morgan fingerprint density at radius 1 is 1.02 bits per heavy atom. The fourth-order valence-corrected chi connectivity index (χ4v) is 6.46. The largest absolute Gasteiger partial charge is 0.496 e. The summed E-state index contributed by atoms with van der Waals surface area (Å²) in [6.07, 6.45) is 3.38. The molecule has 3 aromatic heterocycles. The molecule has 0 unspecified atom stereocenters. The summed E-state index contributed by atoms with van der Waals surface area (Å²) in [6.45, 7) is 3.61. The predicted molar refractivity (Wildman–Crippen MR) is 157 cm³/mol. The van der Waals surface area contributed by atoms with Gasteiger partial charge in [0.05, 0.1) is 31.7 Å². The highest BCUT2D eigenvalue weighted by Crippen LogP contribution is 2.42. The van der Waals surface area contributed by atoms with E-state index in [1.54, 1.807) is 16.6 Å². The molecular weight excluding hydrogens is 551 g/mol. The molecule has 2 aliphatic heterocycles. The maximum Gasteiger partial charge on any atom is 0.310 e.